The van der Waals surface area contributed by atoms with Crippen molar-refractivity contribution in [1.82, 2.24) is 0 Å². The maximum absolute atomic E-state index is 11.1. The van der Waals surface area contributed by atoms with Crippen molar-refractivity contribution in [3.63, 3.8) is 0 Å². The predicted octanol–water partition coefficient (Wildman–Crippen LogP) is 1.16. The van der Waals surface area contributed by atoms with Crippen LogP contribution in [0.3, 0.4) is 0 Å². The summed E-state index contributed by atoms with van der Waals surface area (Å²) in [5.74, 6) is -0.625. The molecule has 1 saturated heterocycles. The number of carbonyl (C=O) groups excluding carboxylic acids is 2. The number of ether oxygens (including phenoxy) is 1. The highest BCUT2D eigenvalue weighted by Gasteiger charge is 2.38. The van der Waals surface area contributed by atoms with E-state index in [9.17, 15) is 9.59 Å². The van der Waals surface area contributed by atoms with Gasteiger partial charge in [0.15, 0.2) is 0 Å². The van der Waals surface area contributed by atoms with Gasteiger partial charge in [-0.3, -0.25) is 9.59 Å². The van der Waals surface area contributed by atoms with Gasteiger partial charge < -0.3 is 4.74 Å². The summed E-state index contributed by atoms with van der Waals surface area (Å²) in [5.41, 5.74) is 0. The maximum atomic E-state index is 11.1. The van der Waals surface area contributed by atoms with Gasteiger partial charge in [0.05, 0.1) is 0 Å². The molecule has 2 atom stereocenters. The van der Waals surface area contributed by atoms with Crippen LogP contribution in [-0.4, -0.2) is 17.9 Å². The Kier molecular flexibility index (Phi) is 2.50. The Morgan fingerprint density at radius 1 is 1.58 bits per heavy atom. The number of cyclic esters (lactones) is 1. The number of hydrogen-bond donors (Lipinski definition) is 0. The first-order valence-corrected chi connectivity index (χ1v) is 4.23. The van der Waals surface area contributed by atoms with E-state index in [1.165, 1.54) is 6.92 Å². The average Bonchev–Trinajstić information content (AvgIpc) is 2.30. The van der Waals surface area contributed by atoms with Crippen molar-refractivity contribution < 1.29 is 14.3 Å². The largest absolute Gasteiger partial charge is 0.462 e. The quantitative estimate of drug-likeness (QED) is 0.461. The molecule has 0 N–H and O–H groups in total. The van der Waals surface area contributed by atoms with E-state index in [2.05, 4.69) is 0 Å². The van der Waals surface area contributed by atoms with Crippen LogP contribution in [0.5, 0.6) is 0 Å². The van der Waals surface area contributed by atoms with Crippen LogP contribution < -0.4 is 0 Å². The van der Waals surface area contributed by atoms with Crippen LogP contribution in [0.1, 0.15) is 27.2 Å². The van der Waals surface area contributed by atoms with Crippen LogP contribution in [0, 0.1) is 11.8 Å². The summed E-state index contributed by atoms with van der Waals surface area (Å²) in [6.45, 7) is 5.41. The Bertz CT molecular complexity index is 208. The van der Waals surface area contributed by atoms with Crippen LogP contribution in [0.4, 0.5) is 0 Å². The van der Waals surface area contributed by atoms with Gasteiger partial charge in [-0.1, -0.05) is 13.8 Å². The molecule has 0 aromatic rings. The summed E-state index contributed by atoms with van der Waals surface area (Å²) in [6, 6.07) is 0. The molecule has 0 aliphatic carbocycles. The Hall–Kier alpha value is -0.860. The molecule has 0 saturated carbocycles. The molecule has 0 aromatic heterocycles. The topological polar surface area (TPSA) is 43.4 Å². The first-order chi connectivity index (χ1) is 5.52. The zero-order valence-corrected chi connectivity index (χ0v) is 7.66. The van der Waals surface area contributed by atoms with E-state index < -0.39 is 5.92 Å². The molecule has 0 spiro atoms. The molecule has 68 valence electrons. The second kappa shape index (κ2) is 3.25. The summed E-state index contributed by atoms with van der Waals surface area (Å²) in [4.78, 5) is 22.0. The van der Waals surface area contributed by atoms with Gasteiger partial charge in [-0.15, -0.1) is 0 Å². The summed E-state index contributed by atoms with van der Waals surface area (Å²) in [7, 11) is 0. The molecule has 12 heavy (non-hydrogen) atoms. The van der Waals surface area contributed by atoms with E-state index in [-0.39, 0.29) is 17.9 Å². The third kappa shape index (κ3) is 1.65. The van der Waals surface area contributed by atoms with Crippen molar-refractivity contribution >= 4 is 11.8 Å². The molecule has 0 amide bonds. The zero-order valence-electron chi connectivity index (χ0n) is 7.66. The smallest absolute Gasteiger partial charge is 0.316 e. The van der Waals surface area contributed by atoms with Crippen molar-refractivity contribution in [2.75, 3.05) is 0 Å². The van der Waals surface area contributed by atoms with Crippen molar-refractivity contribution in [2.24, 2.45) is 11.8 Å². The van der Waals surface area contributed by atoms with E-state index in [4.69, 9.17) is 4.74 Å². The van der Waals surface area contributed by atoms with Crippen molar-refractivity contribution in [3.05, 3.63) is 0 Å². The molecule has 3 nitrogen and oxygen atoms in total. The van der Waals surface area contributed by atoms with Gasteiger partial charge in [0.1, 0.15) is 17.8 Å². The normalized spacial score (nSPS) is 29.2. The van der Waals surface area contributed by atoms with Gasteiger partial charge in [-0.25, -0.2) is 0 Å². The lowest BCUT2D eigenvalue weighted by Gasteiger charge is -2.11. The molecule has 1 aliphatic heterocycles. The minimum absolute atomic E-state index is 0.0635. The minimum Gasteiger partial charge on any atom is -0.462 e. The summed E-state index contributed by atoms with van der Waals surface area (Å²) < 4.78 is 5.04. The van der Waals surface area contributed by atoms with Crippen LogP contribution in [0.25, 0.3) is 0 Å². The standard InChI is InChI=1S/C9H14O3/c1-5(2)8-4-7(6(3)10)9(11)12-8/h5,7-8H,4H2,1-3H3. The lowest BCUT2D eigenvalue weighted by atomic mass is 9.96. The van der Waals surface area contributed by atoms with Gasteiger partial charge in [-0.05, 0) is 12.8 Å². The predicted molar refractivity (Wildman–Crippen MR) is 43.5 cm³/mol. The Labute approximate surface area is 72.1 Å². The van der Waals surface area contributed by atoms with E-state index in [1.54, 1.807) is 0 Å². The highest BCUT2D eigenvalue weighted by molar-refractivity contribution is 5.98. The van der Waals surface area contributed by atoms with Crippen LogP contribution >= 0.6 is 0 Å². The monoisotopic (exact) mass is 170 g/mol. The fourth-order valence-corrected chi connectivity index (χ4v) is 1.35. The molecular formula is C9H14O3. The Balaban J connectivity index is 2.62. The Morgan fingerprint density at radius 2 is 2.17 bits per heavy atom. The summed E-state index contributed by atoms with van der Waals surface area (Å²) in [6.07, 6.45) is 0.498. The first-order valence-electron chi connectivity index (χ1n) is 4.23. The van der Waals surface area contributed by atoms with E-state index in [0.717, 1.165) is 0 Å². The molecule has 0 bridgehead atoms. The highest BCUT2D eigenvalue weighted by atomic mass is 16.6. The summed E-state index contributed by atoms with van der Waals surface area (Å²) >= 11 is 0. The van der Waals surface area contributed by atoms with Crippen molar-refractivity contribution in [2.45, 2.75) is 33.3 Å². The first kappa shape index (κ1) is 9.23. The van der Waals surface area contributed by atoms with Gasteiger partial charge in [0.25, 0.3) is 0 Å². The third-order valence-corrected chi connectivity index (χ3v) is 2.25. The number of Topliss-reactive ketones (excluding diaryl/α,β-unsaturated/α-hetero) is 1. The van der Waals surface area contributed by atoms with Gasteiger partial charge >= 0.3 is 5.97 Å². The number of carbonyl (C=O) groups is 2. The fourth-order valence-electron chi connectivity index (χ4n) is 1.35. The van der Waals surface area contributed by atoms with Crippen molar-refractivity contribution in [1.29, 1.82) is 0 Å². The second-order valence-electron chi connectivity index (χ2n) is 3.62. The third-order valence-electron chi connectivity index (χ3n) is 2.25. The van der Waals surface area contributed by atoms with Crippen LogP contribution in [-0.2, 0) is 14.3 Å². The minimum atomic E-state index is -0.502. The zero-order chi connectivity index (χ0) is 9.30. The molecule has 1 fully saturated rings. The van der Waals surface area contributed by atoms with E-state index in [1.807, 2.05) is 13.8 Å². The molecular weight excluding hydrogens is 156 g/mol. The second-order valence-corrected chi connectivity index (χ2v) is 3.62. The van der Waals surface area contributed by atoms with E-state index in [0.29, 0.717) is 12.3 Å². The van der Waals surface area contributed by atoms with E-state index >= 15 is 0 Å². The fraction of sp³-hybridized carbons (Fsp3) is 0.778. The Morgan fingerprint density at radius 3 is 2.42 bits per heavy atom. The SMILES string of the molecule is CC(=O)C1CC(C(C)C)OC1=O. The highest BCUT2D eigenvalue weighted by Crippen LogP contribution is 2.26. The number of esters is 1. The molecule has 1 heterocycles. The molecule has 3 heteroatoms. The van der Waals surface area contributed by atoms with Gasteiger partial charge in [0, 0.05) is 6.42 Å². The summed E-state index contributed by atoms with van der Waals surface area (Å²) in [5, 5.41) is 0. The van der Waals surface area contributed by atoms with Crippen LogP contribution in [0.2, 0.25) is 0 Å². The van der Waals surface area contributed by atoms with Crippen LogP contribution in [0.15, 0.2) is 0 Å². The molecule has 1 rings (SSSR count). The lowest BCUT2D eigenvalue weighted by molar-refractivity contribution is -0.147. The number of rotatable bonds is 2. The molecule has 1 aliphatic rings. The average molecular weight is 170 g/mol. The lowest BCUT2D eigenvalue weighted by Crippen LogP contribution is -2.15. The molecule has 0 radical (unpaired) electrons. The molecule has 0 aromatic carbocycles. The number of ketones is 1. The molecule has 2 unspecified atom stereocenters. The van der Waals surface area contributed by atoms with Gasteiger partial charge in [0.2, 0.25) is 0 Å². The van der Waals surface area contributed by atoms with Crippen molar-refractivity contribution in [3.8, 4) is 0 Å². The maximum Gasteiger partial charge on any atom is 0.316 e. The number of hydrogen-bond acceptors (Lipinski definition) is 3. The van der Waals surface area contributed by atoms with Gasteiger partial charge in [-0.2, -0.15) is 0 Å².